The van der Waals surface area contributed by atoms with Gasteiger partial charge in [-0.2, -0.15) is 0 Å². The molecule has 0 aromatic rings. The highest BCUT2D eigenvalue weighted by molar-refractivity contribution is 5.75. The summed E-state index contributed by atoms with van der Waals surface area (Å²) in [5.74, 6) is -1.13. The third kappa shape index (κ3) is 4.25. The fraction of sp³-hybridized carbons (Fsp3) is 0.833. The van der Waals surface area contributed by atoms with Crippen molar-refractivity contribution in [3.63, 3.8) is 0 Å². The van der Waals surface area contributed by atoms with Gasteiger partial charge in [0.1, 0.15) is 18.9 Å². The quantitative estimate of drug-likeness (QED) is 0.724. The predicted molar refractivity (Wildman–Crippen MR) is 60.4 cm³/mol. The van der Waals surface area contributed by atoms with Gasteiger partial charge < -0.3 is 14.2 Å². The predicted octanol–water partition coefficient (Wildman–Crippen LogP) is 1.59. The number of carbonyl (C=O) groups excluding carboxylic acids is 2. The number of carbonyl (C=O) groups is 2. The smallest absolute Gasteiger partial charge is 0.311 e. The van der Waals surface area contributed by atoms with Crippen molar-refractivity contribution in [1.29, 1.82) is 0 Å². The normalized spacial score (nSPS) is 28.7. The minimum absolute atomic E-state index is 0.0658. The van der Waals surface area contributed by atoms with Crippen LogP contribution in [0.5, 0.6) is 0 Å². The molecule has 0 aliphatic carbocycles. The van der Waals surface area contributed by atoms with E-state index in [1.807, 2.05) is 0 Å². The highest BCUT2D eigenvalue weighted by Gasteiger charge is 2.38. The van der Waals surface area contributed by atoms with E-state index in [0.29, 0.717) is 0 Å². The second kappa shape index (κ2) is 5.65. The molecule has 3 atom stereocenters. The fourth-order valence-corrected chi connectivity index (χ4v) is 1.43. The van der Waals surface area contributed by atoms with Gasteiger partial charge in [-0.05, 0) is 20.7 Å². The minimum Gasteiger partial charge on any atom is -0.462 e. The minimum atomic E-state index is -1.35. The van der Waals surface area contributed by atoms with Gasteiger partial charge in [-0.15, -0.1) is 0 Å². The van der Waals surface area contributed by atoms with Crippen molar-refractivity contribution < 1.29 is 29.6 Å². The zero-order valence-electron chi connectivity index (χ0n) is 11.8. The average Bonchev–Trinajstić information content (AvgIpc) is 2.65. The molecule has 0 amide bonds. The van der Waals surface area contributed by atoms with Gasteiger partial charge in [-0.25, -0.2) is 4.39 Å². The molecule has 5 nitrogen and oxygen atoms in total. The Kier molecular flexibility index (Phi) is 4.16. The van der Waals surface area contributed by atoms with Gasteiger partial charge in [0.2, 0.25) is 6.29 Å². The van der Waals surface area contributed by atoms with Crippen molar-refractivity contribution in [2.24, 2.45) is 5.41 Å². The topological polar surface area (TPSA) is 61.8 Å². The maximum atomic E-state index is 13.6. The van der Waals surface area contributed by atoms with Crippen LogP contribution in [0.2, 0.25) is 0 Å². The Morgan fingerprint density at radius 2 is 2.22 bits per heavy atom. The van der Waals surface area contributed by atoms with Crippen molar-refractivity contribution in [3.8, 4) is 0 Å². The molecular weight excluding hydrogens is 243 g/mol. The molecule has 0 saturated carbocycles. The Morgan fingerprint density at radius 3 is 2.78 bits per heavy atom. The van der Waals surface area contributed by atoms with Crippen LogP contribution in [0.1, 0.15) is 35.5 Å². The fourth-order valence-electron chi connectivity index (χ4n) is 1.43. The largest absolute Gasteiger partial charge is 0.462 e. The molecular formula is C12H19FO5. The van der Waals surface area contributed by atoms with E-state index < -0.39 is 35.9 Å². The lowest BCUT2D eigenvalue weighted by atomic mass is 9.97. The maximum Gasteiger partial charge on any atom is 0.311 e. The molecule has 0 aromatic carbocycles. The number of rotatable bonds is 3. The standard InChI is InChI=1S/C12H19FO5/c1-7(14)17-10-5-8(13)9(18-10)6-16-11(15)12(2,3)4/h8-10H,5-6H2,1-4H3/t8-,9+,10?/m0/s1/i2D. The van der Waals surface area contributed by atoms with Gasteiger partial charge in [0.25, 0.3) is 0 Å². The Labute approximate surface area is 107 Å². The third-order valence-electron chi connectivity index (χ3n) is 2.38. The number of esters is 2. The molecule has 1 rings (SSSR count). The summed E-state index contributed by atoms with van der Waals surface area (Å²) in [5.41, 5.74) is -0.931. The van der Waals surface area contributed by atoms with E-state index in [9.17, 15) is 14.0 Å². The lowest BCUT2D eigenvalue weighted by Gasteiger charge is -2.19. The molecule has 1 fully saturated rings. The summed E-state index contributed by atoms with van der Waals surface area (Å²) in [6.45, 7) is 3.99. The first-order valence-corrected chi connectivity index (χ1v) is 5.69. The average molecular weight is 263 g/mol. The maximum absolute atomic E-state index is 13.6. The molecule has 0 N–H and O–H groups in total. The second-order valence-electron chi connectivity index (χ2n) is 4.95. The SMILES string of the molecule is [2H]CC(C)(C)C(=O)OC[C@H]1OC(OC(C)=O)C[C@@H]1F. The summed E-state index contributed by atoms with van der Waals surface area (Å²) in [4.78, 5) is 22.3. The molecule has 1 aliphatic rings. The molecule has 1 aliphatic heterocycles. The third-order valence-corrected chi connectivity index (χ3v) is 2.38. The summed E-state index contributed by atoms with van der Waals surface area (Å²) in [6.07, 6.45) is -3.28. The van der Waals surface area contributed by atoms with E-state index in [2.05, 4.69) is 0 Å². The van der Waals surface area contributed by atoms with Gasteiger partial charge in [0.05, 0.1) is 5.41 Å². The van der Waals surface area contributed by atoms with Crippen LogP contribution in [0.4, 0.5) is 4.39 Å². The number of alkyl halides is 1. The second-order valence-corrected chi connectivity index (χ2v) is 4.95. The summed E-state index contributed by atoms with van der Waals surface area (Å²) in [6, 6.07) is 0. The van der Waals surface area contributed by atoms with Crippen LogP contribution in [-0.2, 0) is 23.8 Å². The molecule has 0 radical (unpaired) electrons. The molecule has 18 heavy (non-hydrogen) atoms. The number of halogens is 1. The van der Waals surface area contributed by atoms with Gasteiger partial charge in [0.15, 0.2) is 0 Å². The molecule has 1 heterocycles. The zero-order valence-corrected chi connectivity index (χ0v) is 10.8. The number of ether oxygens (including phenoxy) is 3. The molecule has 0 bridgehead atoms. The number of hydrogen-bond acceptors (Lipinski definition) is 5. The van der Waals surface area contributed by atoms with Crippen LogP contribution >= 0.6 is 0 Å². The first kappa shape index (κ1) is 13.3. The van der Waals surface area contributed by atoms with E-state index in [1.165, 1.54) is 6.92 Å². The van der Waals surface area contributed by atoms with Crippen LogP contribution < -0.4 is 0 Å². The van der Waals surface area contributed by atoms with E-state index in [0.717, 1.165) is 0 Å². The van der Waals surface area contributed by atoms with E-state index in [4.69, 9.17) is 15.6 Å². The van der Waals surface area contributed by atoms with Crippen LogP contribution in [0.15, 0.2) is 0 Å². The molecule has 6 heteroatoms. The Hall–Kier alpha value is -1.17. The van der Waals surface area contributed by atoms with E-state index >= 15 is 0 Å². The Morgan fingerprint density at radius 1 is 1.56 bits per heavy atom. The Bertz CT molecular complexity index is 347. The van der Waals surface area contributed by atoms with Gasteiger partial charge in [0, 0.05) is 14.7 Å². The van der Waals surface area contributed by atoms with Gasteiger partial charge in [-0.3, -0.25) is 9.59 Å². The van der Waals surface area contributed by atoms with Crippen molar-refractivity contribution in [2.75, 3.05) is 6.61 Å². The first-order valence-electron chi connectivity index (χ1n) is 6.40. The van der Waals surface area contributed by atoms with Crippen LogP contribution in [-0.4, -0.2) is 37.1 Å². The molecule has 1 saturated heterocycles. The molecule has 0 spiro atoms. The molecule has 104 valence electrons. The Balaban J connectivity index is 2.42. The van der Waals surface area contributed by atoms with E-state index in [1.54, 1.807) is 13.8 Å². The lowest BCUT2D eigenvalue weighted by Crippen LogP contribution is -2.30. The van der Waals surface area contributed by atoms with Crippen molar-refractivity contribution in [1.82, 2.24) is 0 Å². The van der Waals surface area contributed by atoms with Gasteiger partial charge in [-0.1, -0.05) is 0 Å². The van der Waals surface area contributed by atoms with E-state index in [-0.39, 0.29) is 19.9 Å². The highest BCUT2D eigenvalue weighted by Crippen LogP contribution is 2.25. The highest BCUT2D eigenvalue weighted by atomic mass is 19.1. The molecule has 0 aromatic heterocycles. The summed E-state index contributed by atoms with van der Waals surface area (Å²) >= 11 is 0. The monoisotopic (exact) mass is 263 g/mol. The lowest BCUT2D eigenvalue weighted by molar-refractivity contribution is -0.180. The summed E-state index contributed by atoms with van der Waals surface area (Å²) < 4.78 is 35.6. The summed E-state index contributed by atoms with van der Waals surface area (Å²) in [5, 5.41) is 0. The number of hydrogen-bond donors (Lipinski definition) is 0. The van der Waals surface area contributed by atoms with Crippen molar-refractivity contribution in [2.45, 2.75) is 52.7 Å². The van der Waals surface area contributed by atoms with Crippen molar-refractivity contribution in [3.05, 3.63) is 0 Å². The van der Waals surface area contributed by atoms with Crippen LogP contribution in [0, 0.1) is 5.41 Å². The van der Waals surface area contributed by atoms with Gasteiger partial charge >= 0.3 is 11.9 Å². The zero-order chi connectivity index (χ0) is 14.6. The van der Waals surface area contributed by atoms with Crippen LogP contribution in [0.25, 0.3) is 0 Å². The van der Waals surface area contributed by atoms with Crippen molar-refractivity contribution >= 4 is 11.9 Å². The first-order chi connectivity index (χ1) is 8.76. The summed E-state index contributed by atoms with van der Waals surface area (Å²) in [7, 11) is 0. The molecule has 1 unspecified atom stereocenters. The van der Waals surface area contributed by atoms with Crippen LogP contribution in [0.3, 0.4) is 0 Å².